The van der Waals surface area contributed by atoms with E-state index in [4.69, 9.17) is 39.5 Å². The number of ether oxygens (including phenoxy) is 1. The summed E-state index contributed by atoms with van der Waals surface area (Å²) in [5.41, 5.74) is 5.41. The second-order valence-corrected chi connectivity index (χ2v) is 8.64. The lowest BCUT2D eigenvalue weighted by Crippen LogP contribution is -2.20. The van der Waals surface area contributed by atoms with Crippen molar-refractivity contribution in [2.45, 2.75) is 26.4 Å². The van der Waals surface area contributed by atoms with Crippen molar-refractivity contribution >= 4 is 58.5 Å². The predicted octanol–water partition coefficient (Wildman–Crippen LogP) is 6.40. The molecule has 0 bridgehead atoms. The van der Waals surface area contributed by atoms with E-state index in [9.17, 15) is 9.59 Å². The molecule has 0 aliphatic carbocycles. The number of hydrogen-bond acceptors (Lipinski definition) is 4. The van der Waals surface area contributed by atoms with Crippen molar-refractivity contribution in [3.8, 4) is 5.75 Å². The summed E-state index contributed by atoms with van der Waals surface area (Å²) in [4.78, 5) is 24.2. The highest BCUT2D eigenvalue weighted by Crippen LogP contribution is 2.25. The normalized spacial score (nSPS) is 10.8. The number of rotatable bonds is 9. The van der Waals surface area contributed by atoms with Gasteiger partial charge in [-0.05, 0) is 48.9 Å². The molecule has 3 rings (SSSR count). The lowest BCUT2D eigenvalue weighted by atomic mass is 10.2. The molecular weight excluding hydrogens is 497 g/mol. The van der Waals surface area contributed by atoms with E-state index in [0.29, 0.717) is 26.4 Å². The van der Waals surface area contributed by atoms with Gasteiger partial charge in [0.05, 0.1) is 6.21 Å². The fourth-order valence-electron chi connectivity index (χ4n) is 2.93. The van der Waals surface area contributed by atoms with Gasteiger partial charge in [0.1, 0.15) is 12.4 Å². The number of benzene rings is 3. The van der Waals surface area contributed by atoms with Crippen LogP contribution in [0.2, 0.25) is 15.1 Å². The number of carbonyl (C=O) groups excluding carboxylic acids is 2. The highest BCUT2D eigenvalue weighted by molar-refractivity contribution is 6.35. The Hall–Kier alpha value is -3.06. The van der Waals surface area contributed by atoms with Gasteiger partial charge in [-0.3, -0.25) is 9.59 Å². The Kier molecular flexibility index (Phi) is 9.33. The van der Waals surface area contributed by atoms with Gasteiger partial charge in [-0.1, -0.05) is 59.1 Å². The maximum Gasteiger partial charge on any atom is 0.240 e. The van der Waals surface area contributed by atoms with Gasteiger partial charge in [-0.2, -0.15) is 5.10 Å². The molecular formula is C25H22Cl3N3O3. The molecule has 2 amide bonds. The molecule has 34 heavy (non-hydrogen) atoms. The summed E-state index contributed by atoms with van der Waals surface area (Å²) in [6, 6.07) is 17.6. The lowest BCUT2D eigenvalue weighted by Gasteiger charge is -2.11. The molecule has 0 saturated carbocycles. The van der Waals surface area contributed by atoms with Crippen LogP contribution in [-0.2, 0) is 16.2 Å². The summed E-state index contributed by atoms with van der Waals surface area (Å²) in [6.07, 6.45) is 1.45. The molecule has 0 fully saturated rings. The van der Waals surface area contributed by atoms with Gasteiger partial charge in [0.15, 0.2) is 0 Å². The molecule has 0 radical (unpaired) electrons. The number of para-hydroxylation sites is 1. The van der Waals surface area contributed by atoms with Gasteiger partial charge in [-0.25, -0.2) is 5.43 Å². The molecule has 0 aliphatic rings. The summed E-state index contributed by atoms with van der Waals surface area (Å²) in [7, 11) is 0. The van der Waals surface area contributed by atoms with E-state index in [2.05, 4.69) is 15.8 Å². The van der Waals surface area contributed by atoms with Crippen molar-refractivity contribution in [1.29, 1.82) is 0 Å². The molecule has 0 unspecified atom stereocenters. The maximum absolute atomic E-state index is 12.1. The fraction of sp³-hybridized carbons (Fsp3) is 0.160. The smallest absolute Gasteiger partial charge is 0.240 e. The van der Waals surface area contributed by atoms with Crippen LogP contribution < -0.4 is 15.5 Å². The summed E-state index contributed by atoms with van der Waals surface area (Å²) < 4.78 is 5.86. The maximum atomic E-state index is 12.1. The molecule has 3 aromatic rings. The summed E-state index contributed by atoms with van der Waals surface area (Å²) in [5.74, 6) is -0.139. The molecule has 0 saturated heterocycles. The molecule has 9 heteroatoms. The summed E-state index contributed by atoms with van der Waals surface area (Å²) in [6.45, 7) is 2.11. The third-order valence-electron chi connectivity index (χ3n) is 4.76. The van der Waals surface area contributed by atoms with Crippen molar-refractivity contribution in [3.63, 3.8) is 0 Å². The van der Waals surface area contributed by atoms with Gasteiger partial charge in [0, 0.05) is 44.7 Å². The Balaban J connectivity index is 1.53. The second-order valence-electron chi connectivity index (χ2n) is 7.36. The molecule has 0 spiro atoms. The number of aryl methyl sites for hydroxylation is 1. The highest BCUT2D eigenvalue weighted by Gasteiger charge is 2.09. The first-order valence-corrected chi connectivity index (χ1v) is 11.5. The first kappa shape index (κ1) is 25.6. The number of hydrogen-bond donors (Lipinski definition) is 2. The minimum absolute atomic E-state index is 0.0109. The van der Waals surface area contributed by atoms with Gasteiger partial charge >= 0.3 is 0 Å². The molecule has 0 heterocycles. The summed E-state index contributed by atoms with van der Waals surface area (Å²) >= 11 is 18.2. The van der Waals surface area contributed by atoms with Crippen LogP contribution in [0.5, 0.6) is 5.75 Å². The molecule has 0 aliphatic heterocycles. The van der Waals surface area contributed by atoms with Crippen LogP contribution in [0.1, 0.15) is 29.5 Å². The van der Waals surface area contributed by atoms with E-state index in [0.717, 1.165) is 16.8 Å². The number of amides is 2. The monoisotopic (exact) mass is 517 g/mol. The summed E-state index contributed by atoms with van der Waals surface area (Å²) in [5, 5.41) is 8.27. The zero-order chi connectivity index (χ0) is 24.5. The largest absolute Gasteiger partial charge is 0.488 e. The van der Waals surface area contributed by atoms with Crippen molar-refractivity contribution < 1.29 is 14.3 Å². The molecule has 3 aromatic carbocycles. The van der Waals surface area contributed by atoms with Crippen molar-refractivity contribution in [2.24, 2.45) is 5.10 Å². The first-order valence-electron chi connectivity index (χ1n) is 10.4. The van der Waals surface area contributed by atoms with E-state index < -0.39 is 5.91 Å². The van der Waals surface area contributed by atoms with E-state index in [1.807, 2.05) is 31.2 Å². The quantitative estimate of drug-likeness (QED) is 0.254. The Bertz CT molecular complexity index is 1220. The molecule has 176 valence electrons. The SMILES string of the molecule is Cc1ccccc1NC(=O)CCC(=O)NN=Cc1cc(Cl)ccc1OCc1ccc(Cl)cc1Cl. The number of hydrazone groups is 1. The number of halogens is 3. The van der Waals surface area contributed by atoms with Crippen molar-refractivity contribution in [2.75, 3.05) is 5.32 Å². The molecule has 2 N–H and O–H groups in total. The van der Waals surface area contributed by atoms with E-state index in [1.54, 1.807) is 36.4 Å². The number of carbonyl (C=O) groups is 2. The standard InChI is InChI=1S/C25H22Cl3N3O3/c1-16-4-2-3-5-22(16)30-24(32)10-11-25(33)31-29-14-18-12-19(26)8-9-23(18)34-15-17-6-7-20(27)13-21(17)28/h2-9,12-14H,10-11,15H2,1H3,(H,30,32)(H,31,33). The van der Waals surface area contributed by atoms with E-state index in [-0.39, 0.29) is 25.4 Å². The van der Waals surface area contributed by atoms with Crippen molar-refractivity contribution in [1.82, 2.24) is 5.43 Å². The second kappa shape index (κ2) is 12.4. The predicted molar refractivity (Wildman–Crippen MR) is 137 cm³/mol. The lowest BCUT2D eigenvalue weighted by molar-refractivity contribution is -0.124. The van der Waals surface area contributed by atoms with Gasteiger partial charge in [-0.15, -0.1) is 0 Å². The third-order valence-corrected chi connectivity index (χ3v) is 5.58. The van der Waals surface area contributed by atoms with Crippen LogP contribution in [0.4, 0.5) is 5.69 Å². The van der Waals surface area contributed by atoms with Crippen molar-refractivity contribution in [3.05, 3.63) is 92.4 Å². The van der Waals surface area contributed by atoms with Crippen LogP contribution in [0.25, 0.3) is 0 Å². The van der Waals surface area contributed by atoms with Crippen LogP contribution in [0.3, 0.4) is 0 Å². The Morgan fingerprint density at radius 3 is 2.41 bits per heavy atom. The van der Waals surface area contributed by atoms with Crippen LogP contribution >= 0.6 is 34.8 Å². The zero-order valence-corrected chi connectivity index (χ0v) is 20.5. The highest BCUT2D eigenvalue weighted by atomic mass is 35.5. The molecule has 6 nitrogen and oxygen atoms in total. The Morgan fingerprint density at radius 1 is 0.941 bits per heavy atom. The van der Waals surface area contributed by atoms with Gasteiger partial charge in [0.25, 0.3) is 0 Å². The average Bonchev–Trinajstić information content (AvgIpc) is 2.80. The Morgan fingerprint density at radius 2 is 1.65 bits per heavy atom. The van der Waals surface area contributed by atoms with E-state index in [1.165, 1.54) is 6.21 Å². The molecule has 0 atom stereocenters. The number of nitrogens with zero attached hydrogens (tertiary/aromatic N) is 1. The number of anilines is 1. The minimum atomic E-state index is -0.395. The van der Waals surface area contributed by atoms with Crippen LogP contribution in [0, 0.1) is 6.92 Å². The first-order chi connectivity index (χ1) is 16.3. The zero-order valence-electron chi connectivity index (χ0n) is 18.3. The third kappa shape index (κ3) is 7.76. The van der Waals surface area contributed by atoms with E-state index >= 15 is 0 Å². The fourth-order valence-corrected chi connectivity index (χ4v) is 3.57. The van der Waals surface area contributed by atoms with Gasteiger partial charge < -0.3 is 10.1 Å². The topological polar surface area (TPSA) is 79.8 Å². The van der Waals surface area contributed by atoms with Crippen LogP contribution in [-0.4, -0.2) is 18.0 Å². The number of nitrogens with one attached hydrogen (secondary N) is 2. The Labute approximate surface area is 212 Å². The molecule has 0 aromatic heterocycles. The van der Waals surface area contributed by atoms with Crippen LogP contribution in [0.15, 0.2) is 65.8 Å². The average molecular weight is 519 g/mol. The van der Waals surface area contributed by atoms with Gasteiger partial charge in [0.2, 0.25) is 11.8 Å². The minimum Gasteiger partial charge on any atom is -0.488 e.